The summed E-state index contributed by atoms with van der Waals surface area (Å²) < 4.78 is 10.6. The number of hydrogen-bond acceptors (Lipinski definition) is 7. The molecule has 33 heavy (non-hydrogen) atoms. The van der Waals surface area contributed by atoms with Crippen LogP contribution in [0.1, 0.15) is 37.6 Å². The molecule has 1 amide bonds. The van der Waals surface area contributed by atoms with Crippen LogP contribution in [-0.4, -0.2) is 72.0 Å². The number of methoxy groups -OCH3 is 2. The number of ketones is 1. The lowest BCUT2D eigenvalue weighted by Gasteiger charge is -2.26. The molecule has 1 aromatic carbocycles. The van der Waals surface area contributed by atoms with Gasteiger partial charge in [0, 0.05) is 18.3 Å². The van der Waals surface area contributed by atoms with Crippen LogP contribution in [0.5, 0.6) is 11.5 Å². The van der Waals surface area contributed by atoms with Crippen molar-refractivity contribution in [3.63, 3.8) is 0 Å². The highest BCUT2D eigenvalue weighted by atomic mass is 16.5. The molecule has 0 unspecified atom stereocenters. The summed E-state index contributed by atoms with van der Waals surface area (Å²) in [4.78, 5) is 34.3. The Bertz CT molecular complexity index is 1020. The second-order valence-electron chi connectivity index (χ2n) is 7.70. The van der Waals surface area contributed by atoms with E-state index in [9.17, 15) is 14.7 Å². The van der Waals surface area contributed by atoms with Gasteiger partial charge in [-0.25, -0.2) is 0 Å². The number of likely N-dealkylation sites (tertiary alicyclic amines) is 1. The molecule has 8 heteroatoms. The van der Waals surface area contributed by atoms with E-state index < -0.39 is 17.7 Å². The standard InChI is InChI=1S/C25H31N3O5/c1-5-27(6-2)14-9-15-28-22(18-10-7-8-13-26-18)21(24(30)25(28)31)23(29)17-11-12-19(32-3)20(16-17)33-4/h7-8,10-13,16,22,29H,5-6,9,14-15H2,1-4H3/t22-/m1/s1. The van der Waals surface area contributed by atoms with E-state index in [0.29, 0.717) is 35.7 Å². The molecular formula is C25H31N3O5. The third kappa shape index (κ3) is 5.01. The first-order chi connectivity index (χ1) is 16.0. The molecule has 0 aliphatic carbocycles. The summed E-state index contributed by atoms with van der Waals surface area (Å²) in [7, 11) is 3.01. The zero-order chi connectivity index (χ0) is 24.0. The number of carbonyl (C=O) groups excluding carboxylic acids is 2. The van der Waals surface area contributed by atoms with E-state index in [1.807, 2.05) is 0 Å². The maximum absolute atomic E-state index is 13.1. The number of benzene rings is 1. The van der Waals surface area contributed by atoms with Gasteiger partial charge in [-0.15, -0.1) is 0 Å². The maximum atomic E-state index is 13.1. The van der Waals surface area contributed by atoms with E-state index in [-0.39, 0.29) is 11.3 Å². The van der Waals surface area contributed by atoms with Gasteiger partial charge in [0.25, 0.3) is 11.7 Å². The molecule has 1 atom stereocenters. The summed E-state index contributed by atoms with van der Waals surface area (Å²) in [6, 6.07) is 9.41. The predicted molar refractivity (Wildman–Crippen MR) is 125 cm³/mol. The number of pyridine rings is 1. The number of aliphatic hydroxyl groups excluding tert-OH is 1. The van der Waals surface area contributed by atoms with Gasteiger partial charge in [0.1, 0.15) is 11.8 Å². The Morgan fingerprint density at radius 1 is 1.09 bits per heavy atom. The number of carbonyl (C=O) groups is 2. The fourth-order valence-corrected chi connectivity index (χ4v) is 4.10. The van der Waals surface area contributed by atoms with Crippen LogP contribution in [-0.2, 0) is 9.59 Å². The molecule has 0 bridgehead atoms. The van der Waals surface area contributed by atoms with Crippen LogP contribution in [0.25, 0.3) is 5.76 Å². The zero-order valence-corrected chi connectivity index (χ0v) is 19.6. The molecule has 0 spiro atoms. The van der Waals surface area contributed by atoms with Crippen LogP contribution >= 0.6 is 0 Å². The van der Waals surface area contributed by atoms with Crippen molar-refractivity contribution in [2.75, 3.05) is 40.4 Å². The van der Waals surface area contributed by atoms with Crippen LogP contribution in [0.15, 0.2) is 48.2 Å². The molecule has 1 aromatic heterocycles. The molecule has 2 aromatic rings. The van der Waals surface area contributed by atoms with E-state index in [4.69, 9.17) is 9.47 Å². The first-order valence-electron chi connectivity index (χ1n) is 11.1. The Morgan fingerprint density at radius 3 is 2.42 bits per heavy atom. The maximum Gasteiger partial charge on any atom is 0.295 e. The van der Waals surface area contributed by atoms with Crippen LogP contribution in [0, 0.1) is 0 Å². The fraction of sp³-hybridized carbons (Fsp3) is 0.400. The van der Waals surface area contributed by atoms with Gasteiger partial charge in [-0.2, -0.15) is 0 Å². The minimum Gasteiger partial charge on any atom is -0.507 e. The summed E-state index contributed by atoms with van der Waals surface area (Å²) in [5.41, 5.74) is 0.907. The molecule has 1 aliphatic rings. The molecule has 8 nitrogen and oxygen atoms in total. The summed E-state index contributed by atoms with van der Waals surface area (Å²) in [5.74, 6) is -0.722. The Kier molecular flexibility index (Phi) is 8.06. The van der Waals surface area contributed by atoms with Crippen molar-refractivity contribution in [3.05, 3.63) is 59.4 Å². The Balaban J connectivity index is 2.03. The SMILES string of the molecule is CCN(CC)CCCN1C(=O)C(=O)C(=C(O)c2ccc(OC)c(OC)c2)[C@H]1c1ccccn1. The third-order valence-corrected chi connectivity index (χ3v) is 5.93. The molecule has 2 heterocycles. The Labute approximate surface area is 194 Å². The molecule has 1 N–H and O–H groups in total. The lowest BCUT2D eigenvalue weighted by Crippen LogP contribution is -2.33. The van der Waals surface area contributed by atoms with E-state index >= 15 is 0 Å². The van der Waals surface area contributed by atoms with Gasteiger partial charge in [0.05, 0.1) is 25.5 Å². The number of amides is 1. The minimum absolute atomic E-state index is 0.0220. The van der Waals surface area contributed by atoms with Gasteiger partial charge < -0.3 is 24.4 Å². The average Bonchev–Trinajstić information content (AvgIpc) is 3.11. The van der Waals surface area contributed by atoms with Crippen molar-refractivity contribution >= 4 is 17.4 Å². The van der Waals surface area contributed by atoms with Crippen molar-refractivity contribution < 1.29 is 24.2 Å². The Morgan fingerprint density at radius 2 is 1.82 bits per heavy atom. The lowest BCUT2D eigenvalue weighted by atomic mass is 9.98. The van der Waals surface area contributed by atoms with Crippen LogP contribution in [0.3, 0.4) is 0 Å². The van der Waals surface area contributed by atoms with Crippen LogP contribution in [0.4, 0.5) is 0 Å². The molecule has 3 rings (SSSR count). The molecule has 1 aliphatic heterocycles. The highest BCUT2D eigenvalue weighted by Crippen LogP contribution is 2.40. The van der Waals surface area contributed by atoms with Gasteiger partial charge in [-0.1, -0.05) is 19.9 Å². The number of rotatable bonds is 10. The van der Waals surface area contributed by atoms with E-state index in [1.54, 1.807) is 42.6 Å². The van der Waals surface area contributed by atoms with Crippen molar-refractivity contribution in [2.45, 2.75) is 26.3 Å². The summed E-state index contributed by atoms with van der Waals surface area (Å²) in [6.45, 7) is 7.20. The van der Waals surface area contributed by atoms with Crippen LogP contribution in [0.2, 0.25) is 0 Å². The highest BCUT2D eigenvalue weighted by Gasteiger charge is 2.46. The van der Waals surface area contributed by atoms with Gasteiger partial charge in [-0.05, 0) is 56.4 Å². The third-order valence-electron chi connectivity index (χ3n) is 5.93. The molecule has 0 saturated carbocycles. The molecular weight excluding hydrogens is 422 g/mol. The normalized spacial score (nSPS) is 17.6. The number of aromatic nitrogens is 1. The fourth-order valence-electron chi connectivity index (χ4n) is 4.10. The van der Waals surface area contributed by atoms with E-state index in [2.05, 4.69) is 23.7 Å². The Hall–Kier alpha value is -3.39. The number of nitrogens with zero attached hydrogens (tertiary/aromatic N) is 3. The largest absolute Gasteiger partial charge is 0.507 e. The molecule has 1 saturated heterocycles. The van der Waals surface area contributed by atoms with Crippen molar-refractivity contribution in [1.82, 2.24) is 14.8 Å². The van der Waals surface area contributed by atoms with Gasteiger partial charge in [0.15, 0.2) is 11.5 Å². The summed E-state index contributed by atoms with van der Waals surface area (Å²) in [6.07, 6.45) is 2.32. The number of ether oxygens (including phenoxy) is 2. The first kappa shape index (κ1) is 24.3. The van der Waals surface area contributed by atoms with Crippen LogP contribution < -0.4 is 9.47 Å². The predicted octanol–water partition coefficient (Wildman–Crippen LogP) is 3.25. The topological polar surface area (TPSA) is 92.2 Å². The van der Waals surface area contributed by atoms with Crippen molar-refractivity contribution in [1.29, 1.82) is 0 Å². The van der Waals surface area contributed by atoms with Gasteiger partial charge in [-0.3, -0.25) is 14.6 Å². The highest BCUT2D eigenvalue weighted by molar-refractivity contribution is 6.46. The molecule has 0 radical (unpaired) electrons. The summed E-state index contributed by atoms with van der Waals surface area (Å²) >= 11 is 0. The monoisotopic (exact) mass is 453 g/mol. The quantitative estimate of drug-likeness (QED) is 0.335. The second-order valence-corrected chi connectivity index (χ2v) is 7.70. The minimum atomic E-state index is -0.768. The number of aliphatic hydroxyl groups is 1. The van der Waals surface area contributed by atoms with Gasteiger partial charge >= 0.3 is 0 Å². The molecule has 176 valence electrons. The zero-order valence-electron chi connectivity index (χ0n) is 19.6. The summed E-state index contributed by atoms with van der Waals surface area (Å²) in [5, 5.41) is 11.2. The smallest absolute Gasteiger partial charge is 0.295 e. The first-order valence-corrected chi connectivity index (χ1v) is 11.1. The lowest BCUT2D eigenvalue weighted by molar-refractivity contribution is -0.140. The second kappa shape index (κ2) is 11.0. The van der Waals surface area contributed by atoms with Crippen molar-refractivity contribution in [3.8, 4) is 11.5 Å². The van der Waals surface area contributed by atoms with E-state index in [0.717, 1.165) is 19.6 Å². The number of hydrogen-bond donors (Lipinski definition) is 1. The number of Topliss-reactive ketones (excluding diaryl/α,β-unsaturated/α-hetero) is 1. The molecule has 1 fully saturated rings. The van der Waals surface area contributed by atoms with Gasteiger partial charge in [0.2, 0.25) is 0 Å². The van der Waals surface area contributed by atoms with E-state index in [1.165, 1.54) is 19.1 Å². The van der Waals surface area contributed by atoms with Crippen molar-refractivity contribution in [2.24, 2.45) is 0 Å². The average molecular weight is 454 g/mol.